The van der Waals surface area contributed by atoms with Crippen molar-refractivity contribution >= 4 is 23.4 Å². The van der Waals surface area contributed by atoms with Crippen molar-refractivity contribution in [1.29, 1.82) is 0 Å². The molecule has 106 valence electrons. The van der Waals surface area contributed by atoms with Gasteiger partial charge in [-0.1, -0.05) is 17.7 Å². The SMILES string of the molecule is CC(NCCN1CCSCC1)c1ccc(F)cc1Cl. The van der Waals surface area contributed by atoms with Crippen LogP contribution in [-0.2, 0) is 0 Å². The van der Waals surface area contributed by atoms with E-state index in [0.717, 1.165) is 18.7 Å². The average molecular weight is 303 g/mol. The Hall–Kier alpha value is -0.290. The van der Waals surface area contributed by atoms with Crippen LogP contribution in [0.15, 0.2) is 18.2 Å². The Kier molecular flexibility index (Phi) is 5.95. The van der Waals surface area contributed by atoms with Gasteiger partial charge in [0, 0.05) is 48.7 Å². The first-order valence-electron chi connectivity index (χ1n) is 6.65. The molecule has 1 unspecified atom stereocenters. The summed E-state index contributed by atoms with van der Waals surface area (Å²) in [5.74, 6) is 2.19. The quantitative estimate of drug-likeness (QED) is 0.899. The van der Waals surface area contributed by atoms with Crippen LogP contribution in [0.3, 0.4) is 0 Å². The number of nitrogens with zero attached hydrogens (tertiary/aromatic N) is 1. The topological polar surface area (TPSA) is 15.3 Å². The second-order valence-corrected chi connectivity index (χ2v) is 6.43. The summed E-state index contributed by atoms with van der Waals surface area (Å²) in [4.78, 5) is 2.47. The Morgan fingerprint density at radius 1 is 1.42 bits per heavy atom. The summed E-state index contributed by atoms with van der Waals surface area (Å²) in [6.07, 6.45) is 0. The lowest BCUT2D eigenvalue weighted by Crippen LogP contribution is -2.38. The van der Waals surface area contributed by atoms with E-state index in [2.05, 4.69) is 17.1 Å². The largest absolute Gasteiger partial charge is 0.309 e. The zero-order valence-electron chi connectivity index (χ0n) is 11.2. The van der Waals surface area contributed by atoms with Gasteiger partial charge >= 0.3 is 0 Å². The van der Waals surface area contributed by atoms with Crippen molar-refractivity contribution in [2.45, 2.75) is 13.0 Å². The Balaban J connectivity index is 1.78. The third-order valence-electron chi connectivity index (χ3n) is 3.41. The molecule has 1 fully saturated rings. The van der Waals surface area contributed by atoms with E-state index in [1.807, 2.05) is 11.8 Å². The molecule has 0 aliphatic carbocycles. The molecule has 0 saturated carbocycles. The van der Waals surface area contributed by atoms with E-state index < -0.39 is 0 Å². The van der Waals surface area contributed by atoms with Gasteiger partial charge in [-0.05, 0) is 24.6 Å². The van der Waals surface area contributed by atoms with Crippen LogP contribution in [0.25, 0.3) is 0 Å². The van der Waals surface area contributed by atoms with Crippen LogP contribution in [0.5, 0.6) is 0 Å². The van der Waals surface area contributed by atoms with Gasteiger partial charge in [-0.3, -0.25) is 0 Å². The van der Waals surface area contributed by atoms with E-state index in [9.17, 15) is 4.39 Å². The highest BCUT2D eigenvalue weighted by Crippen LogP contribution is 2.23. The van der Waals surface area contributed by atoms with Crippen molar-refractivity contribution < 1.29 is 4.39 Å². The molecule has 0 amide bonds. The van der Waals surface area contributed by atoms with E-state index in [1.54, 1.807) is 6.07 Å². The molecule has 1 heterocycles. The lowest BCUT2D eigenvalue weighted by Gasteiger charge is -2.27. The molecule has 1 aromatic rings. The average Bonchev–Trinajstić information content (AvgIpc) is 2.39. The van der Waals surface area contributed by atoms with Crippen LogP contribution < -0.4 is 5.32 Å². The first-order chi connectivity index (χ1) is 9.16. The summed E-state index contributed by atoms with van der Waals surface area (Å²) < 4.78 is 13.0. The Morgan fingerprint density at radius 3 is 2.84 bits per heavy atom. The van der Waals surface area contributed by atoms with E-state index in [4.69, 9.17) is 11.6 Å². The summed E-state index contributed by atoms with van der Waals surface area (Å²) in [6.45, 7) is 6.41. The number of thioether (sulfide) groups is 1. The molecule has 1 atom stereocenters. The highest BCUT2D eigenvalue weighted by atomic mass is 35.5. The molecule has 0 spiro atoms. The Labute approximate surface area is 123 Å². The van der Waals surface area contributed by atoms with Gasteiger partial charge in [0.2, 0.25) is 0 Å². The minimum absolute atomic E-state index is 0.146. The molecule has 2 nitrogen and oxygen atoms in total. The lowest BCUT2D eigenvalue weighted by molar-refractivity contribution is 0.297. The third-order valence-corrected chi connectivity index (χ3v) is 4.68. The van der Waals surface area contributed by atoms with E-state index in [1.165, 1.54) is 36.7 Å². The molecule has 0 aromatic heterocycles. The van der Waals surface area contributed by atoms with Gasteiger partial charge in [0.1, 0.15) is 5.82 Å². The fraction of sp³-hybridized carbons (Fsp3) is 0.571. The number of hydrogen-bond donors (Lipinski definition) is 1. The maximum atomic E-state index is 13.0. The molecule has 1 N–H and O–H groups in total. The van der Waals surface area contributed by atoms with Crippen LogP contribution in [0.4, 0.5) is 4.39 Å². The van der Waals surface area contributed by atoms with Gasteiger partial charge in [0.05, 0.1) is 0 Å². The molecule has 1 saturated heterocycles. The fourth-order valence-corrected chi connectivity index (χ4v) is 3.54. The minimum atomic E-state index is -0.285. The minimum Gasteiger partial charge on any atom is -0.309 e. The summed E-state index contributed by atoms with van der Waals surface area (Å²) in [5.41, 5.74) is 0.956. The third kappa shape index (κ3) is 4.63. The van der Waals surface area contributed by atoms with Gasteiger partial charge in [-0.2, -0.15) is 11.8 Å². The number of benzene rings is 1. The lowest BCUT2D eigenvalue weighted by atomic mass is 10.1. The first kappa shape index (κ1) is 15.1. The summed E-state index contributed by atoms with van der Waals surface area (Å²) in [6, 6.07) is 4.73. The normalized spacial score (nSPS) is 18.5. The van der Waals surface area contributed by atoms with Crippen LogP contribution in [0, 0.1) is 5.82 Å². The zero-order chi connectivity index (χ0) is 13.7. The monoisotopic (exact) mass is 302 g/mol. The fourth-order valence-electron chi connectivity index (χ4n) is 2.23. The van der Waals surface area contributed by atoms with Crippen LogP contribution in [0.2, 0.25) is 5.02 Å². The van der Waals surface area contributed by atoms with Crippen molar-refractivity contribution in [3.63, 3.8) is 0 Å². The van der Waals surface area contributed by atoms with Gasteiger partial charge in [-0.15, -0.1) is 0 Å². The van der Waals surface area contributed by atoms with Crippen LogP contribution in [0.1, 0.15) is 18.5 Å². The van der Waals surface area contributed by atoms with Crippen molar-refractivity contribution in [1.82, 2.24) is 10.2 Å². The molecule has 5 heteroatoms. The maximum Gasteiger partial charge on any atom is 0.124 e. The van der Waals surface area contributed by atoms with E-state index >= 15 is 0 Å². The highest BCUT2D eigenvalue weighted by molar-refractivity contribution is 7.99. The molecule has 0 radical (unpaired) electrons. The molecule has 1 aliphatic heterocycles. The van der Waals surface area contributed by atoms with Crippen molar-refractivity contribution in [3.8, 4) is 0 Å². The first-order valence-corrected chi connectivity index (χ1v) is 8.18. The van der Waals surface area contributed by atoms with E-state index in [0.29, 0.717) is 5.02 Å². The zero-order valence-corrected chi connectivity index (χ0v) is 12.7. The van der Waals surface area contributed by atoms with E-state index in [-0.39, 0.29) is 11.9 Å². The number of nitrogens with one attached hydrogen (secondary N) is 1. The van der Waals surface area contributed by atoms with Crippen molar-refractivity contribution in [2.24, 2.45) is 0 Å². The van der Waals surface area contributed by atoms with Gasteiger partial charge in [-0.25, -0.2) is 4.39 Å². The number of hydrogen-bond acceptors (Lipinski definition) is 3. The predicted octanol–water partition coefficient (Wildman–Crippen LogP) is 3.18. The molecule has 19 heavy (non-hydrogen) atoms. The molecular weight excluding hydrogens is 283 g/mol. The predicted molar refractivity (Wildman–Crippen MR) is 81.6 cm³/mol. The van der Waals surface area contributed by atoms with Gasteiger partial charge in [0.15, 0.2) is 0 Å². The molecule has 0 bridgehead atoms. The second kappa shape index (κ2) is 7.48. The summed E-state index contributed by atoms with van der Waals surface area (Å²) >= 11 is 8.08. The summed E-state index contributed by atoms with van der Waals surface area (Å²) in [5, 5.41) is 3.95. The second-order valence-electron chi connectivity index (χ2n) is 4.80. The smallest absolute Gasteiger partial charge is 0.124 e. The van der Waals surface area contributed by atoms with Crippen LogP contribution >= 0.6 is 23.4 Å². The van der Waals surface area contributed by atoms with Crippen LogP contribution in [-0.4, -0.2) is 42.6 Å². The molecule has 2 rings (SSSR count). The molecule has 1 aromatic carbocycles. The number of rotatable bonds is 5. The standard InChI is InChI=1S/C14H20ClFN2S/c1-11(13-3-2-12(16)10-14(13)15)17-4-5-18-6-8-19-9-7-18/h2-3,10-11,17H,4-9H2,1H3. The Bertz CT molecular complexity index is 410. The summed E-state index contributed by atoms with van der Waals surface area (Å²) in [7, 11) is 0. The maximum absolute atomic E-state index is 13.0. The van der Waals surface area contributed by atoms with Gasteiger partial charge in [0.25, 0.3) is 0 Å². The van der Waals surface area contributed by atoms with Gasteiger partial charge < -0.3 is 10.2 Å². The Morgan fingerprint density at radius 2 is 2.16 bits per heavy atom. The van der Waals surface area contributed by atoms with Crippen molar-refractivity contribution in [2.75, 3.05) is 37.7 Å². The van der Waals surface area contributed by atoms with Crippen molar-refractivity contribution in [3.05, 3.63) is 34.6 Å². The highest BCUT2D eigenvalue weighted by Gasteiger charge is 2.12. The molecular formula is C14H20ClFN2S. The molecule has 1 aliphatic rings. The number of halogens is 2.